The molecule has 12 heteroatoms. The molecule has 4 rings (SSSR count). The first-order valence-electron chi connectivity index (χ1n) is 12.4. The molecular weight excluding hydrogens is 505 g/mol. The van der Waals surface area contributed by atoms with Crippen molar-refractivity contribution in [3.63, 3.8) is 0 Å². The number of hydrogen-bond donors (Lipinski definition) is 3. The van der Waals surface area contributed by atoms with Crippen molar-refractivity contribution in [3.8, 4) is 0 Å². The number of thioether (sulfide) groups is 1. The van der Waals surface area contributed by atoms with Crippen LogP contribution in [-0.2, 0) is 23.1 Å². The zero-order valence-electron chi connectivity index (χ0n) is 21.0. The summed E-state index contributed by atoms with van der Waals surface area (Å²) >= 11 is 1.09. The number of benzene rings is 1. The lowest BCUT2D eigenvalue weighted by molar-refractivity contribution is -0.136. The molecule has 202 valence electrons. The molecule has 2 amide bonds. The molecule has 0 spiro atoms. The molecule has 1 atom stereocenters. The fourth-order valence-electron chi connectivity index (χ4n) is 4.81. The normalized spacial score (nSPS) is 20.2. The molecular formula is C25H33F3N6O2S. The highest BCUT2D eigenvalue weighted by molar-refractivity contribution is 8.04. The van der Waals surface area contributed by atoms with Crippen LogP contribution in [0.4, 0.5) is 18.9 Å². The average molecular weight is 539 g/mol. The van der Waals surface area contributed by atoms with Crippen LogP contribution in [0.2, 0.25) is 0 Å². The highest BCUT2D eigenvalue weighted by atomic mass is 32.2. The number of nitrogens with zero attached hydrogens (tertiary/aromatic N) is 3. The number of nitrogens with one attached hydrogen (secondary N) is 2. The van der Waals surface area contributed by atoms with Crippen molar-refractivity contribution in [1.29, 1.82) is 0 Å². The van der Waals surface area contributed by atoms with E-state index in [1.54, 1.807) is 12.2 Å². The number of alkyl halides is 3. The topological polar surface area (TPSA) is 95.6 Å². The Morgan fingerprint density at radius 3 is 2.65 bits per heavy atom. The van der Waals surface area contributed by atoms with Crippen molar-refractivity contribution in [2.75, 3.05) is 44.6 Å². The van der Waals surface area contributed by atoms with Gasteiger partial charge in [-0.25, -0.2) is 0 Å². The third kappa shape index (κ3) is 6.35. The fourth-order valence-corrected chi connectivity index (χ4v) is 6.04. The summed E-state index contributed by atoms with van der Waals surface area (Å²) in [7, 11) is 2.03. The fraction of sp³-hybridized carbons (Fsp3) is 0.520. The molecule has 2 fully saturated rings. The lowest BCUT2D eigenvalue weighted by atomic mass is 10.1. The molecule has 1 aromatic carbocycles. The standard InChI is InChI=1S/C25H33F3N6O2S/c1-3-34-23(36)20(37-24(34)21(29)22(35)31-15-25(26,27)28)13-30-17-6-7-19-18(12-17)16(14-32(19)2)8-11-33-9-4-5-10-33/h6-7,12,14,20,30H,3-5,8-11,13,15,29H2,1-2H3,(H,31,35)/b24-21+/t20-/m1/s1. The van der Waals surface area contributed by atoms with Crippen LogP contribution in [0.3, 0.4) is 0 Å². The number of aromatic nitrogens is 1. The van der Waals surface area contributed by atoms with Gasteiger partial charge in [-0.3, -0.25) is 9.59 Å². The minimum Gasteiger partial charge on any atom is -0.392 e. The van der Waals surface area contributed by atoms with E-state index in [1.807, 2.05) is 19.2 Å². The Morgan fingerprint density at radius 2 is 1.97 bits per heavy atom. The summed E-state index contributed by atoms with van der Waals surface area (Å²) in [6, 6.07) is 6.10. The van der Waals surface area contributed by atoms with Gasteiger partial charge in [-0.05, 0) is 63.0 Å². The molecule has 0 saturated carbocycles. The molecule has 1 aromatic heterocycles. The second kappa shape index (κ2) is 11.3. The molecule has 0 bridgehead atoms. The summed E-state index contributed by atoms with van der Waals surface area (Å²) in [5.41, 5.74) is 8.75. The first kappa shape index (κ1) is 27.2. The number of nitrogens with two attached hydrogens (primary N) is 1. The van der Waals surface area contributed by atoms with Crippen LogP contribution in [0, 0.1) is 0 Å². The van der Waals surface area contributed by atoms with Gasteiger partial charge < -0.3 is 30.7 Å². The van der Waals surface area contributed by atoms with E-state index in [0.29, 0.717) is 0 Å². The smallest absolute Gasteiger partial charge is 0.392 e. The molecule has 2 saturated heterocycles. The number of rotatable bonds is 9. The van der Waals surface area contributed by atoms with Crippen LogP contribution in [0.15, 0.2) is 35.1 Å². The van der Waals surface area contributed by atoms with E-state index in [-0.39, 0.29) is 29.7 Å². The Hall–Kier alpha value is -2.86. The molecule has 2 aliphatic rings. The van der Waals surface area contributed by atoms with Crippen LogP contribution in [0.1, 0.15) is 25.3 Å². The quantitative estimate of drug-likeness (QED) is 0.425. The van der Waals surface area contributed by atoms with Crippen LogP contribution in [0.5, 0.6) is 0 Å². The average Bonchev–Trinajstić information content (AvgIpc) is 3.57. The van der Waals surface area contributed by atoms with Crippen LogP contribution < -0.4 is 16.4 Å². The van der Waals surface area contributed by atoms with Crippen molar-refractivity contribution in [2.45, 2.75) is 37.6 Å². The van der Waals surface area contributed by atoms with Crippen molar-refractivity contribution >= 4 is 40.2 Å². The molecule has 2 aromatic rings. The number of aryl methyl sites for hydroxylation is 1. The second-order valence-electron chi connectivity index (χ2n) is 9.38. The Morgan fingerprint density at radius 1 is 1.24 bits per heavy atom. The molecule has 2 aliphatic heterocycles. The van der Waals surface area contributed by atoms with Gasteiger partial charge >= 0.3 is 6.18 Å². The Bertz CT molecular complexity index is 1190. The summed E-state index contributed by atoms with van der Waals surface area (Å²) in [4.78, 5) is 28.9. The van der Waals surface area contributed by atoms with Gasteiger partial charge in [0.15, 0.2) is 0 Å². The molecule has 0 radical (unpaired) electrons. The van der Waals surface area contributed by atoms with Gasteiger partial charge in [0, 0.05) is 49.5 Å². The Balaban J connectivity index is 1.44. The van der Waals surface area contributed by atoms with E-state index in [1.165, 1.54) is 28.7 Å². The van der Waals surface area contributed by atoms with Crippen molar-refractivity contribution in [1.82, 2.24) is 19.7 Å². The predicted octanol–water partition coefficient (Wildman–Crippen LogP) is 3.00. The van der Waals surface area contributed by atoms with E-state index in [0.717, 1.165) is 49.0 Å². The number of carbonyl (C=O) groups is 2. The first-order chi connectivity index (χ1) is 17.6. The summed E-state index contributed by atoms with van der Waals surface area (Å²) < 4.78 is 39.5. The third-order valence-electron chi connectivity index (χ3n) is 6.74. The number of hydrogen-bond acceptors (Lipinski definition) is 6. The number of carbonyl (C=O) groups excluding carboxylic acids is 2. The minimum absolute atomic E-state index is 0.182. The predicted molar refractivity (Wildman–Crippen MR) is 140 cm³/mol. The first-order valence-corrected chi connectivity index (χ1v) is 13.3. The zero-order chi connectivity index (χ0) is 26.7. The molecule has 0 aliphatic carbocycles. The zero-order valence-corrected chi connectivity index (χ0v) is 21.8. The van der Waals surface area contributed by atoms with Crippen LogP contribution in [-0.4, -0.2) is 76.9 Å². The van der Waals surface area contributed by atoms with Crippen LogP contribution >= 0.6 is 11.8 Å². The maximum absolute atomic E-state index is 12.9. The SMILES string of the molecule is CCN1C(=O)[C@@H](CNc2ccc3c(c2)c(CCN2CCCC2)cn3C)S/C1=C(/N)C(=O)NCC(F)(F)F. The third-order valence-corrected chi connectivity index (χ3v) is 8.06. The van der Waals surface area contributed by atoms with Crippen molar-refractivity contribution < 1.29 is 22.8 Å². The maximum atomic E-state index is 12.9. The van der Waals surface area contributed by atoms with E-state index >= 15 is 0 Å². The minimum atomic E-state index is -4.55. The van der Waals surface area contributed by atoms with E-state index in [2.05, 4.69) is 27.0 Å². The lowest BCUT2D eigenvalue weighted by Gasteiger charge is -2.17. The van der Waals surface area contributed by atoms with E-state index in [4.69, 9.17) is 5.73 Å². The number of fused-ring (bicyclic) bond motifs is 1. The van der Waals surface area contributed by atoms with Gasteiger partial charge in [0.25, 0.3) is 5.91 Å². The van der Waals surface area contributed by atoms with Crippen molar-refractivity contribution in [2.24, 2.45) is 12.8 Å². The van der Waals surface area contributed by atoms with Gasteiger partial charge in [0.2, 0.25) is 5.91 Å². The lowest BCUT2D eigenvalue weighted by Crippen LogP contribution is -2.38. The van der Waals surface area contributed by atoms with Gasteiger partial charge in [0.1, 0.15) is 22.5 Å². The van der Waals surface area contributed by atoms with E-state index in [9.17, 15) is 22.8 Å². The summed E-state index contributed by atoms with van der Waals surface area (Å²) in [5, 5.41) is 5.87. The van der Waals surface area contributed by atoms with Gasteiger partial charge in [-0.2, -0.15) is 13.2 Å². The molecule has 3 heterocycles. The van der Waals surface area contributed by atoms with E-state index < -0.39 is 23.9 Å². The Kier molecular flexibility index (Phi) is 8.27. The van der Waals surface area contributed by atoms with Crippen molar-refractivity contribution in [3.05, 3.63) is 40.7 Å². The molecule has 0 unspecified atom stereocenters. The molecule has 37 heavy (non-hydrogen) atoms. The van der Waals surface area contributed by atoms with Gasteiger partial charge in [0.05, 0.1) is 0 Å². The summed E-state index contributed by atoms with van der Waals surface area (Å²) in [5.74, 6) is -1.29. The highest BCUT2D eigenvalue weighted by Gasteiger charge is 2.38. The Labute approximate surface area is 218 Å². The number of amides is 2. The van der Waals surface area contributed by atoms with Gasteiger partial charge in [-0.15, -0.1) is 0 Å². The molecule has 4 N–H and O–H groups in total. The van der Waals surface area contributed by atoms with Gasteiger partial charge in [-0.1, -0.05) is 11.8 Å². The molecule has 8 nitrogen and oxygen atoms in total. The summed E-state index contributed by atoms with van der Waals surface area (Å²) in [6.07, 6.45) is 1.11. The van der Waals surface area contributed by atoms with Crippen LogP contribution in [0.25, 0.3) is 10.9 Å². The highest BCUT2D eigenvalue weighted by Crippen LogP contribution is 2.36. The second-order valence-corrected chi connectivity index (χ2v) is 10.6. The number of halogens is 3. The monoisotopic (exact) mass is 538 g/mol. The maximum Gasteiger partial charge on any atom is 0.405 e. The largest absolute Gasteiger partial charge is 0.405 e. The summed E-state index contributed by atoms with van der Waals surface area (Å²) in [6.45, 7) is 4.11. The number of likely N-dealkylation sites (tertiary alicyclic amines) is 1. The number of anilines is 1.